The van der Waals surface area contributed by atoms with Crippen LogP contribution in [0.5, 0.6) is 5.75 Å². The van der Waals surface area contributed by atoms with Crippen molar-refractivity contribution in [3.8, 4) is 5.75 Å². The summed E-state index contributed by atoms with van der Waals surface area (Å²) in [7, 11) is -2.53. The van der Waals surface area contributed by atoms with Crippen LogP contribution in [0.2, 0.25) is 5.02 Å². The van der Waals surface area contributed by atoms with Gasteiger partial charge in [-0.2, -0.15) is 0 Å². The Morgan fingerprint density at radius 3 is 2.56 bits per heavy atom. The highest BCUT2D eigenvalue weighted by Gasteiger charge is 2.38. The normalized spacial score (nSPS) is 15.4. The molecule has 2 aromatic carbocycles. The highest BCUT2D eigenvalue weighted by atomic mass is 35.5. The summed E-state index contributed by atoms with van der Waals surface area (Å²) < 4.78 is 33.1. The number of amides is 1. The zero-order chi connectivity index (χ0) is 18.4. The second-order valence-electron chi connectivity index (χ2n) is 6.24. The van der Waals surface area contributed by atoms with Gasteiger partial charge in [0.25, 0.3) is 10.0 Å². The van der Waals surface area contributed by atoms with Crippen LogP contribution in [0, 0.1) is 0 Å². The topological polar surface area (TPSA) is 84.5 Å². The molecule has 0 aromatic heterocycles. The van der Waals surface area contributed by atoms with Crippen LogP contribution in [0.4, 0.5) is 11.4 Å². The van der Waals surface area contributed by atoms with Crippen molar-refractivity contribution in [3.63, 3.8) is 0 Å². The number of halogens is 1. The molecule has 0 aliphatic carbocycles. The van der Waals surface area contributed by atoms with E-state index in [9.17, 15) is 13.2 Å². The molecule has 0 atom stereocenters. The molecule has 1 aliphatic heterocycles. The number of benzene rings is 2. The van der Waals surface area contributed by atoms with Crippen LogP contribution in [0.25, 0.3) is 0 Å². The summed E-state index contributed by atoms with van der Waals surface area (Å²) in [6.07, 6.45) is 0. The standard InChI is InChI=1S/C17H17ClN2O4S/c1-17(2)12-9-11(5-6-13(12)19-16(17)21)20-25(22,23)15-8-10(18)4-7-14(15)24-3/h4-9,20H,1-3H3,(H,19,21). The molecule has 132 valence electrons. The average Bonchev–Trinajstić information content (AvgIpc) is 2.77. The number of methoxy groups -OCH3 is 1. The summed E-state index contributed by atoms with van der Waals surface area (Å²) in [6, 6.07) is 9.29. The van der Waals surface area contributed by atoms with Crippen molar-refractivity contribution in [2.45, 2.75) is 24.2 Å². The van der Waals surface area contributed by atoms with E-state index < -0.39 is 15.4 Å². The Labute approximate surface area is 151 Å². The molecular formula is C17H17ClN2O4S. The van der Waals surface area contributed by atoms with Crippen LogP contribution in [-0.2, 0) is 20.2 Å². The summed E-state index contributed by atoms with van der Waals surface area (Å²) in [4.78, 5) is 12.0. The lowest BCUT2D eigenvalue weighted by molar-refractivity contribution is -0.119. The maximum absolute atomic E-state index is 12.7. The number of rotatable bonds is 4. The third-order valence-electron chi connectivity index (χ3n) is 4.18. The van der Waals surface area contributed by atoms with Crippen LogP contribution in [-0.4, -0.2) is 21.4 Å². The monoisotopic (exact) mass is 380 g/mol. The Kier molecular flexibility index (Phi) is 4.17. The molecule has 0 spiro atoms. The molecule has 2 aromatic rings. The molecular weight excluding hydrogens is 364 g/mol. The molecule has 2 N–H and O–H groups in total. The van der Waals surface area contributed by atoms with Crippen LogP contribution >= 0.6 is 11.6 Å². The Balaban J connectivity index is 2.00. The smallest absolute Gasteiger partial charge is 0.265 e. The average molecular weight is 381 g/mol. The van der Waals surface area contributed by atoms with Gasteiger partial charge in [-0.1, -0.05) is 11.6 Å². The molecule has 0 fully saturated rings. The number of hydrogen-bond acceptors (Lipinski definition) is 4. The molecule has 6 nitrogen and oxygen atoms in total. The van der Waals surface area contributed by atoms with Gasteiger partial charge < -0.3 is 10.1 Å². The molecule has 1 heterocycles. The molecule has 0 radical (unpaired) electrons. The largest absolute Gasteiger partial charge is 0.495 e. The van der Waals surface area contributed by atoms with Gasteiger partial charge in [0.1, 0.15) is 10.6 Å². The number of nitrogens with one attached hydrogen (secondary N) is 2. The third-order valence-corrected chi connectivity index (χ3v) is 5.81. The molecule has 0 unspecified atom stereocenters. The van der Waals surface area contributed by atoms with Crippen LogP contribution < -0.4 is 14.8 Å². The van der Waals surface area contributed by atoms with Crippen molar-refractivity contribution < 1.29 is 17.9 Å². The van der Waals surface area contributed by atoms with E-state index in [4.69, 9.17) is 16.3 Å². The van der Waals surface area contributed by atoms with E-state index in [0.717, 1.165) is 5.56 Å². The number of carbonyl (C=O) groups is 1. The summed E-state index contributed by atoms with van der Waals surface area (Å²) in [5.74, 6) is 0.0641. The van der Waals surface area contributed by atoms with Gasteiger partial charge in [-0.05, 0) is 55.8 Å². The minimum atomic E-state index is -3.91. The highest BCUT2D eigenvalue weighted by molar-refractivity contribution is 7.92. The molecule has 8 heteroatoms. The lowest BCUT2D eigenvalue weighted by Crippen LogP contribution is -2.26. The lowest BCUT2D eigenvalue weighted by Gasteiger charge is -2.17. The van der Waals surface area contributed by atoms with E-state index in [-0.39, 0.29) is 21.6 Å². The van der Waals surface area contributed by atoms with Crippen molar-refractivity contribution in [2.75, 3.05) is 17.1 Å². The van der Waals surface area contributed by atoms with Gasteiger partial charge >= 0.3 is 0 Å². The van der Waals surface area contributed by atoms with Crippen molar-refractivity contribution in [2.24, 2.45) is 0 Å². The third kappa shape index (κ3) is 3.05. The maximum atomic E-state index is 12.7. The van der Waals surface area contributed by atoms with Crippen LogP contribution in [0.3, 0.4) is 0 Å². The Bertz CT molecular complexity index is 971. The maximum Gasteiger partial charge on any atom is 0.265 e. The van der Waals surface area contributed by atoms with Gasteiger partial charge in [0.2, 0.25) is 5.91 Å². The van der Waals surface area contributed by atoms with Gasteiger partial charge in [-0.25, -0.2) is 8.42 Å². The predicted octanol–water partition coefficient (Wildman–Crippen LogP) is 3.38. The number of anilines is 2. The first-order chi connectivity index (χ1) is 11.6. The van der Waals surface area contributed by atoms with Gasteiger partial charge in [0, 0.05) is 16.4 Å². The zero-order valence-electron chi connectivity index (χ0n) is 13.9. The second kappa shape index (κ2) is 5.93. The minimum absolute atomic E-state index is 0.0588. The number of sulfonamides is 1. The summed E-state index contributed by atoms with van der Waals surface area (Å²) in [5, 5.41) is 3.06. The van der Waals surface area contributed by atoms with E-state index in [1.54, 1.807) is 38.1 Å². The van der Waals surface area contributed by atoms with E-state index in [2.05, 4.69) is 10.0 Å². The predicted molar refractivity (Wildman–Crippen MR) is 96.9 cm³/mol. The zero-order valence-corrected chi connectivity index (χ0v) is 15.5. The molecule has 0 bridgehead atoms. The second-order valence-corrected chi connectivity index (χ2v) is 8.33. The fourth-order valence-electron chi connectivity index (χ4n) is 2.71. The number of carbonyl (C=O) groups excluding carboxylic acids is 1. The molecule has 1 aliphatic rings. The van der Waals surface area contributed by atoms with Crippen molar-refractivity contribution >= 4 is 38.9 Å². The Morgan fingerprint density at radius 1 is 1.16 bits per heavy atom. The fourth-order valence-corrected chi connectivity index (χ4v) is 4.19. The fraction of sp³-hybridized carbons (Fsp3) is 0.235. The minimum Gasteiger partial charge on any atom is -0.495 e. The summed E-state index contributed by atoms with van der Waals surface area (Å²) in [5.41, 5.74) is 1.03. The van der Waals surface area contributed by atoms with Crippen molar-refractivity contribution in [1.82, 2.24) is 0 Å². The lowest BCUT2D eigenvalue weighted by atomic mass is 9.86. The van der Waals surface area contributed by atoms with Gasteiger partial charge in [0.15, 0.2) is 0 Å². The Hall–Kier alpha value is -2.25. The molecule has 0 saturated heterocycles. The van der Waals surface area contributed by atoms with Gasteiger partial charge in [0.05, 0.1) is 12.5 Å². The summed E-state index contributed by atoms with van der Waals surface area (Å²) >= 11 is 5.92. The molecule has 3 rings (SSSR count). The number of ether oxygens (including phenoxy) is 1. The van der Waals surface area contributed by atoms with E-state index in [0.29, 0.717) is 11.4 Å². The number of fused-ring (bicyclic) bond motifs is 1. The van der Waals surface area contributed by atoms with Crippen molar-refractivity contribution in [1.29, 1.82) is 0 Å². The van der Waals surface area contributed by atoms with E-state index >= 15 is 0 Å². The van der Waals surface area contributed by atoms with Crippen LogP contribution in [0.15, 0.2) is 41.3 Å². The first-order valence-corrected chi connectivity index (χ1v) is 9.33. The van der Waals surface area contributed by atoms with Crippen molar-refractivity contribution in [3.05, 3.63) is 47.0 Å². The first kappa shape index (κ1) is 17.6. The van der Waals surface area contributed by atoms with Crippen LogP contribution in [0.1, 0.15) is 19.4 Å². The van der Waals surface area contributed by atoms with Gasteiger partial charge in [-0.3, -0.25) is 9.52 Å². The number of hydrogen-bond donors (Lipinski definition) is 2. The van der Waals surface area contributed by atoms with E-state index in [1.807, 2.05) is 0 Å². The summed E-state index contributed by atoms with van der Waals surface area (Å²) in [6.45, 7) is 3.57. The quantitative estimate of drug-likeness (QED) is 0.851. The van der Waals surface area contributed by atoms with Gasteiger partial charge in [-0.15, -0.1) is 0 Å². The Morgan fingerprint density at radius 2 is 1.88 bits per heavy atom. The molecule has 1 amide bonds. The first-order valence-electron chi connectivity index (χ1n) is 7.47. The molecule has 25 heavy (non-hydrogen) atoms. The SMILES string of the molecule is COc1ccc(Cl)cc1S(=O)(=O)Nc1ccc2c(c1)C(C)(C)C(=O)N2. The van der Waals surface area contributed by atoms with E-state index in [1.165, 1.54) is 19.2 Å². The highest BCUT2D eigenvalue weighted by Crippen LogP contribution is 2.39. The molecule has 0 saturated carbocycles.